The molecule has 0 radical (unpaired) electrons. The molecule has 1 fully saturated rings. The topological polar surface area (TPSA) is 57.5 Å². The molecule has 0 atom stereocenters. The van der Waals surface area contributed by atoms with Gasteiger partial charge in [-0.2, -0.15) is 0 Å². The Morgan fingerprint density at radius 3 is 2.72 bits per heavy atom. The lowest BCUT2D eigenvalue weighted by molar-refractivity contribution is 0.231. The summed E-state index contributed by atoms with van der Waals surface area (Å²) < 4.78 is 0. The van der Waals surface area contributed by atoms with E-state index in [9.17, 15) is 0 Å². The van der Waals surface area contributed by atoms with Crippen LogP contribution in [0.1, 0.15) is 36.1 Å². The van der Waals surface area contributed by atoms with Crippen molar-refractivity contribution in [1.82, 2.24) is 19.9 Å². The Kier molecular flexibility index (Phi) is 6.28. The lowest BCUT2D eigenvalue weighted by atomic mass is 9.76. The number of rotatable bonds is 5. The zero-order valence-corrected chi connectivity index (χ0v) is 23.3. The molecule has 0 N–H and O–H groups in total. The Balaban J connectivity index is 1.02. The van der Waals surface area contributed by atoms with Gasteiger partial charge in [0.25, 0.3) is 0 Å². The number of anilines is 1. The van der Waals surface area contributed by atoms with Crippen molar-refractivity contribution in [3.05, 3.63) is 95.1 Å². The van der Waals surface area contributed by atoms with Crippen molar-refractivity contribution in [3.63, 3.8) is 0 Å². The lowest BCUT2D eigenvalue weighted by Gasteiger charge is -2.39. The summed E-state index contributed by atoms with van der Waals surface area (Å²) in [5.41, 5.74) is 6.92. The first-order valence-corrected chi connectivity index (χ1v) is 14.6. The number of fused-ring (bicyclic) bond motifs is 2. The molecule has 1 aromatic carbocycles. The minimum absolute atomic E-state index is 0.355. The van der Waals surface area contributed by atoms with Crippen molar-refractivity contribution in [2.24, 2.45) is 10.4 Å². The summed E-state index contributed by atoms with van der Waals surface area (Å²) in [5, 5.41) is 1.47. The number of hydrogen-bond acceptors (Lipinski definition) is 7. The Hall–Kier alpha value is -3.42. The van der Waals surface area contributed by atoms with Crippen LogP contribution < -0.4 is 4.90 Å². The number of halogens is 1. The predicted molar refractivity (Wildman–Crippen MR) is 159 cm³/mol. The first-order valence-electron chi connectivity index (χ1n) is 13.4. The fourth-order valence-corrected chi connectivity index (χ4v) is 7.27. The molecule has 0 bridgehead atoms. The summed E-state index contributed by atoms with van der Waals surface area (Å²) in [4.78, 5) is 24.1. The number of aliphatic imine (C=N–C) groups is 1. The third-order valence-corrected chi connectivity index (χ3v) is 9.81. The maximum atomic E-state index is 6.93. The Morgan fingerprint density at radius 1 is 1.05 bits per heavy atom. The molecule has 0 saturated carbocycles. The van der Waals surface area contributed by atoms with Crippen molar-refractivity contribution < 1.29 is 0 Å². The molecular weight excluding hydrogens is 524 g/mol. The van der Waals surface area contributed by atoms with E-state index in [4.69, 9.17) is 21.6 Å². The molecule has 3 aromatic rings. The molecule has 4 aliphatic rings. The van der Waals surface area contributed by atoms with Crippen molar-refractivity contribution in [3.8, 4) is 0 Å². The van der Waals surface area contributed by atoms with Gasteiger partial charge in [-0.05, 0) is 66.9 Å². The van der Waals surface area contributed by atoms with E-state index in [0.29, 0.717) is 10.4 Å². The summed E-state index contributed by atoms with van der Waals surface area (Å²) in [5.74, 6) is 0.938. The molecule has 1 saturated heterocycles. The second kappa shape index (κ2) is 9.96. The number of pyridine rings is 1. The van der Waals surface area contributed by atoms with E-state index >= 15 is 0 Å². The lowest BCUT2D eigenvalue weighted by Crippen LogP contribution is -2.41. The number of hydrogen-bond donors (Lipinski definition) is 0. The van der Waals surface area contributed by atoms with E-state index in [1.807, 2.05) is 37.1 Å². The first kappa shape index (κ1) is 24.6. The van der Waals surface area contributed by atoms with Gasteiger partial charge in [-0.25, -0.2) is 15.0 Å². The van der Waals surface area contributed by atoms with Gasteiger partial charge >= 0.3 is 0 Å². The largest absolute Gasteiger partial charge is 0.355 e. The molecule has 8 heteroatoms. The second-order valence-electron chi connectivity index (χ2n) is 10.8. The fourth-order valence-electron chi connectivity index (χ4n) is 6.12. The van der Waals surface area contributed by atoms with Crippen LogP contribution in [0.15, 0.2) is 88.1 Å². The van der Waals surface area contributed by atoms with E-state index in [0.717, 1.165) is 84.4 Å². The highest BCUT2D eigenvalue weighted by atomic mass is 35.5. The number of benzene rings is 1. The minimum Gasteiger partial charge on any atom is -0.355 e. The van der Waals surface area contributed by atoms with Crippen LogP contribution in [0.3, 0.4) is 0 Å². The van der Waals surface area contributed by atoms with Crippen LogP contribution >= 0.6 is 23.4 Å². The summed E-state index contributed by atoms with van der Waals surface area (Å²) in [6.07, 6.45) is 19.6. The van der Waals surface area contributed by atoms with Crippen LogP contribution in [-0.2, 0) is 12.8 Å². The van der Waals surface area contributed by atoms with Gasteiger partial charge in [-0.15, -0.1) is 0 Å². The molecule has 0 amide bonds. The zero-order valence-electron chi connectivity index (χ0n) is 21.7. The molecule has 0 unspecified atom stereocenters. The summed E-state index contributed by atoms with van der Waals surface area (Å²) in [6.45, 7) is 7.07. The van der Waals surface area contributed by atoms with Gasteiger partial charge in [-0.1, -0.05) is 54.2 Å². The maximum Gasteiger partial charge on any atom is 0.147 e. The molecule has 6 nitrogen and oxygen atoms in total. The Labute approximate surface area is 238 Å². The molecule has 4 heterocycles. The van der Waals surface area contributed by atoms with Gasteiger partial charge in [-0.3, -0.25) is 4.98 Å². The molecule has 1 spiro atoms. The van der Waals surface area contributed by atoms with Gasteiger partial charge < -0.3 is 9.80 Å². The van der Waals surface area contributed by atoms with Crippen LogP contribution in [0.4, 0.5) is 11.5 Å². The highest BCUT2D eigenvalue weighted by Gasteiger charge is 2.40. The number of allylic oxidation sites excluding steroid dienone is 2. The van der Waals surface area contributed by atoms with Gasteiger partial charge in [0.05, 0.1) is 29.4 Å². The first-order chi connectivity index (χ1) is 19.1. The van der Waals surface area contributed by atoms with Crippen LogP contribution in [0, 0.1) is 5.41 Å². The summed E-state index contributed by atoms with van der Waals surface area (Å²) in [7, 11) is 0. The van der Waals surface area contributed by atoms with E-state index in [2.05, 4.69) is 56.7 Å². The fraction of sp³-hybridized carbons (Fsp3) is 0.290. The second-order valence-corrected chi connectivity index (χ2v) is 12.2. The average Bonchev–Trinajstić information content (AvgIpc) is 3.60. The van der Waals surface area contributed by atoms with Crippen molar-refractivity contribution in [2.75, 3.05) is 24.5 Å². The smallest absolute Gasteiger partial charge is 0.147 e. The third-order valence-electron chi connectivity index (χ3n) is 8.33. The number of piperidine rings is 1. The van der Waals surface area contributed by atoms with E-state index in [1.165, 1.54) is 28.6 Å². The minimum atomic E-state index is 0.355. The molecule has 7 rings (SSSR count). The predicted octanol–water partition coefficient (Wildman–Crippen LogP) is 6.89. The molecule has 2 aromatic heterocycles. The molecule has 2 aliphatic carbocycles. The van der Waals surface area contributed by atoms with Crippen molar-refractivity contribution >= 4 is 46.9 Å². The molecule has 2 aliphatic heterocycles. The quantitative estimate of drug-likeness (QED) is 0.343. The molecule has 196 valence electrons. The van der Waals surface area contributed by atoms with Crippen LogP contribution in [0.2, 0.25) is 5.02 Å². The van der Waals surface area contributed by atoms with Crippen molar-refractivity contribution in [1.29, 1.82) is 0 Å². The van der Waals surface area contributed by atoms with Crippen molar-refractivity contribution in [2.45, 2.75) is 42.0 Å². The van der Waals surface area contributed by atoms with Gasteiger partial charge in [0.2, 0.25) is 0 Å². The van der Waals surface area contributed by atoms with Gasteiger partial charge in [0.1, 0.15) is 10.8 Å². The number of nitrogens with zero attached hydrogens (tertiary/aromatic N) is 6. The highest BCUT2D eigenvalue weighted by Crippen LogP contribution is 2.45. The summed E-state index contributed by atoms with van der Waals surface area (Å²) in [6, 6.07) is 8.30. The molecule has 39 heavy (non-hydrogen) atoms. The standard InChI is InChI=1S/C31H29ClN6S/c1-21-29-24(36-20-38(21)19-22-5-2-3-6-22)8-9-26(30(29)32)39-28-18-34-27(17-35-28)37-13-10-31(11-14-37)15-23-7-4-12-33-25(23)16-31/h2,4-9,12,17-18,20H,1,3,10-11,13-16,19H2. The van der Waals surface area contributed by atoms with Crippen LogP contribution in [-0.4, -0.2) is 45.8 Å². The third kappa shape index (κ3) is 4.68. The SMILES string of the molecule is C=C1c2c(ccc(Sc3cnc(N4CCC5(CC4)Cc4cccnc4C5)cn3)c2Cl)N=CN1CC1=CCC=C1. The highest BCUT2D eigenvalue weighted by molar-refractivity contribution is 7.99. The van der Waals surface area contributed by atoms with Gasteiger partial charge in [0.15, 0.2) is 0 Å². The normalized spacial score (nSPS) is 19.0. The van der Waals surface area contributed by atoms with E-state index < -0.39 is 0 Å². The molecular formula is C31H29ClN6S. The Bertz CT molecular complexity index is 1510. The Morgan fingerprint density at radius 2 is 1.95 bits per heavy atom. The average molecular weight is 553 g/mol. The monoisotopic (exact) mass is 552 g/mol. The van der Waals surface area contributed by atoms with Crippen LogP contribution in [0.25, 0.3) is 5.70 Å². The summed E-state index contributed by atoms with van der Waals surface area (Å²) >= 11 is 8.45. The number of aromatic nitrogens is 3. The van der Waals surface area contributed by atoms with E-state index in [-0.39, 0.29) is 0 Å². The van der Waals surface area contributed by atoms with Gasteiger partial charge in [0, 0.05) is 47.7 Å². The van der Waals surface area contributed by atoms with E-state index in [1.54, 1.807) is 0 Å². The van der Waals surface area contributed by atoms with Crippen LogP contribution in [0.5, 0.6) is 0 Å². The zero-order chi connectivity index (χ0) is 26.4. The maximum absolute atomic E-state index is 6.93.